The number of carbonyl (C=O) groups excluding carboxylic acids is 3. The van der Waals surface area contributed by atoms with Crippen LogP contribution in [0, 0.1) is 6.92 Å². The summed E-state index contributed by atoms with van der Waals surface area (Å²) < 4.78 is 25.5. The summed E-state index contributed by atoms with van der Waals surface area (Å²) in [6, 6.07) is 13.0. The lowest BCUT2D eigenvalue weighted by Gasteiger charge is -2.25. The van der Waals surface area contributed by atoms with E-state index >= 15 is 4.39 Å². The quantitative estimate of drug-likeness (QED) is 0.292. The van der Waals surface area contributed by atoms with E-state index in [0.29, 0.717) is 35.5 Å². The van der Waals surface area contributed by atoms with Crippen LogP contribution in [0.5, 0.6) is 0 Å². The summed E-state index contributed by atoms with van der Waals surface area (Å²) >= 11 is 3.35. The number of fused-ring (bicyclic) bond motifs is 3. The van der Waals surface area contributed by atoms with Crippen LogP contribution in [0.2, 0.25) is 0 Å². The van der Waals surface area contributed by atoms with E-state index in [1.807, 2.05) is 37.4 Å². The minimum Gasteiger partial charge on any atom is -0.347 e. The summed E-state index contributed by atoms with van der Waals surface area (Å²) in [4.78, 5) is 42.3. The van der Waals surface area contributed by atoms with Gasteiger partial charge >= 0.3 is 0 Å². The van der Waals surface area contributed by atoms with E-state index in [1.54, 1.807) is 64.3 Å². The van der Waals surface area contributed by atoms with Crippen molar-refractivity contribution >= 4 is 51.6 Å². The van der Waals surface area contributed by atoms with Crippen molar-refractivity contribution in [1.29, 1.82) is 0 Å². The highest BCUT2D eigenvalue weighted by Crippen LogP contribution is 2.54. The number of hydrogen-bond donors (Lipinski definition) is 2. The molecule has 1 unspecified atom stereocenters. The minimum atomic E-state index is -1.68. The molecule has 2 aliphatic heterocycles. The molecular formula is C30H29FIN3O5S. The van der Waals surface area contributed by atoms with Gasteiger partial charge in [0.1, 0.15) is 6.04 Å². The molecule has 1 aliphatic carbocycles. The number of ether oxygens (including phenoxy) is 2. The van der Waals surface area contributed by atoms with Gasteiger partial charge in [0.05, 0.1) is 32.3 Å². The van der Waals surface area contributed by atoms with E-state index in [4.69, 9.17) is 9.47 Å². The summed E-state index contributed by atoms with van der Waals surface area (Å²) in [6.07, 6.45) is 0.209. The van der Waals surface area contributed by atoms with E-state index in [0.717, 1.165) is 16.0 Å². The van der Waals surface area contributed by atoms with Crippen LogP contribution in [0.3, 0.4) is 0 Å². The van der Waals surface area contributed by atoms with E-state index in [2.05, 4.69) is 10.6 Å². The Balaban J connectivity index is 1.15. The Kier molecular flexibility index (Phi) is 7.41. The lowest BCUT2D eigenvalue weighted by atomic mass is 10.0. The fraction of sp³-hybridized carbons (Fsp3) is 0.367. The Morgan fingerprint density at radius 2 is 1.85 bits per heavy atom. The maximum atomic E-state index is 15.5. The molecule has 2 saturated heterocycles. The summed E-state index contributed by atoms with van der Waals surface area (Å²) in [5, 5.41) is 7.73. The van der Waals surface area contributed by atoms with Crippen LogP contribution in [0.4, 0.5) is 4.39 Å². The molecule has 11 heteroatoms. The van der Waals surface area contributed by atoms with Crippen LogP contribution in [-0.4, -0.2) is 60.8 Å². The first-order chi connectivity index (χ1) is 19.6. The number of halogens is 2. The molecule has 0 radical (unpaired) electrons. The second-order valence-corrected chi connectivity index (χ2v) is 13.1. The number of thiophene rings is 1. The summed E-state index contributed by atoms with van der Waals surface area (Å²) in [5.41, 5.74) is 3.87. The Morgan fingerprint density at radius 1 is 1.12 bits per heavy atom. The van der Waals surface area contributed by atoms with Gasteiger partial charge in [-0.3, -0.25) is 14.4 Å². The monoisotopic (exact) mass is 689 g/mol. The van der Waals surface area contributed by atoms with Crippen molar-refractivity contribution in [2.45, 2.75) is 41.8 Å². The average molecular weight is 690 g/mol. The first-order valence-electron chi connectivity index (χ1n) is 13.4. The zero-order valence-electron chi connectivity index (χ0n) is 22.5. The second-order valence-electron chi connectivity index (χ2n) is 10.7. The zero-order valence-corrected chi connectivity index (χ0v) is 25.5. The molecule has 8 nitrogen and oxygen atoms in total. The molecule has 0 saturated carbocycles. The Hall–Kier alpha value is -2.87. The van der Waals surface area contributed by atoms with E-state index in [1.165, 1.54) is 4.90 Å². The van der Waals surface area contributed by atoms with Crippen LogP contribution >= 0.6 is 33.9 Å². The summed E-state index contributed by atoms with van der Waals surface area (Å²) in [7, 11) is 0. The number of likely N-dealkylation sites (tertiary alicyclic amines) is 1. The lowest BCUT2D eigenvalue weighted by molar-refractivity contribution is -0.152. The maximum Gasteiger partial charge on any atom is 0.251 e. The smallest absolute Gasteiger partial charge is 0.251 e. The van der Waals surface area contributed by atoms with Crippen molar-refractivity contribution in [2.75, 3.05) is 26.3 Å². The van der Waals surface area contributed by atoms with Gasteiger partial charge in [0.25, 0.3) is 5.91 Å². The van der Waals surface area contributed by atoms with Crippen LogP contribution in [0.15, 0.2) is 53.9 Å². The Morgan fingerprint density at radius 3 is 2.59 bits per heavy atom. The number of nitrogens with zero attached hydrogens (tertiary/aromatic N) is 1. The van der Waals surface area contributed by atoms with Gasteiger partial charge in [-0.1, -0.05) is 30.3 Å². The highest BCUT2D eigenvalue weighted by atomic mass is 127. The number of nitrogens with one attached hydrogen (secondary N) is 2. The molecule has 214 valence electrons. The number of carbonyl (C=O) groups is 3. The molecule has 1 spiro atoms. The number of amides is 3. The molecule has 3 atom stereocenters. The molecule has 41 heavy (non-hydrogen) atoms. The Bertz CT molecular complexity index is 1540. The van der Waals surface area contributed by atoms with Crippen LogP contribution in [0.25, 0.3) is 11.1 Å². The van der Waals surface area contributed by atoms with Crippen molar-refractivity contribution in [3.05, 3.63) is 81.0 Å². The van der Waals surface area contributed by atoms with Gasteiger partial charge in [0.2, 0.25) is 15.5 Å². The summed E-state index contributed by atoms with van der Waals surface area (Å²) in [6.45, 7) is 4.45. The average Bonchev–Trinajstić information content (AvgIpc) is 3.74. The van der Waals surface area contributed by atoms with Gasteiger partial charge in [-0.15, -0.1) is 11.3 Å². The minimum absolute atomic E-state index is 0.0934. The fourth-order valence-corrected chi connectivity index (χ4v) is 7.63. The standard InChI is InChI=1S/C30H29FIN3O5S/c1-17-11-25(41-15-17)18(2)34-28(38)24-13-29(39-9-10-40-29)16-35(24)26(36)14-33-27(37)19-7-8-23-21(12-19)20-5-3-4-6-22(20)30(23,31)32/h3-8,11-12,15,18,24H,9-10,13-14,16H2,1-2H3,(H,33,37)(H,34,38)/t18-,24+,30?/m1/s1. The molecule has 6 rings (SSSR count). The van der Waals surface area contributed by atoms with E-state index in [9.17, 15) is 14.4 Å². The van der Waals surface area contributed by atoms with Crippen molar-refractivity contribution in [1.82, 2.24) is 15.5 Å². The fourth-order valence-electron chi connectivity index (χ4n) is 5.78. The molecule has 2 N–H and O–H groups in total. The Labute approximate surface area is 254 Å². The zero-order chi connectivity index (χ0) is 28.9. The van der Waals surface area contributed by atoms with E-state index in [-0.39, 0.29) is 31.5 Å². The van der Waals surface area contributed by atoms with Crippen molar-refractivity contribution in [2.24, 2.45) is 0 Å². The molecule has 3 heterocycles. The topological polar surface area (TPSA) is 97.0 Å². The predicted octanol–water partition coefficient (Wildman–Crippen LogP) is 4.59. The van der Waals surface area contributed by atoms with Gasteiger partial charge in [0, 0.05) is 28.0 Å². The van der Waals surface area contributed by atoms with Crippen LogP contribution < -0.4 is 10.6 Å². The number of aryl methyl sites for hydroxylation is 1. The number of benzene rings is 2. The number of hydrogen-bond acceptors (Lipinski definition) is 6. The molecule has 3 aliphatic rings. The highest BCUT2D eigenvalue weighted by Gasteiger charge is 2.52. The predicted molar refractivity (Wildman–Crippen MR) is 160 cm³/mol. The first kappa shape index (κ1) is 28.3. The van der Waals surface area contributed by atoms with Gasteiger partial charge < -0.3 is 25.0 Å². The normalized spacial score (nSPS) is 22.8. The lowest BCUT2D eigenvalue weighted by Crippen LogP contribution is -2.49. The van der Waals surface area contributed by atoms with Gasteiger partial charge in [0.15, 0.2) is 5.79 Å². The van der Waals surface area contributed by atoms with Crippen LogP contribution in [0.1, 0.15) is 51.3 Å². The van der Waals surface area contributed by atoms with Crippen molar-refractivity contribution in [3.8, 4) is 11.1 Å². The molecule has 1 aromatic heterocycles. The largest absolute Gasteiger partial charge is 0.347 e. The maximum absolute atomic E-state index is 15.5. The molecular weight excluding hydrogens is 660 g/mol. The SMILES string of the molecule is Cc1csc([C@@H](C)NC(=O)[C@@H]2CC3(CN2C(=O)CNC(=O)c2ccc4c(c2)-c2ccccc2C4(F)I)OCCO3)c1. The van der Waals surface area contributed by atoms with Crippen molar-refractivity contribution in [3.63, 3.8) is 0 Å². The molecule has 3 amide bonds. The molecule has 2 fully saturated rings. The number of alkyl halides is 2. The van der Waals surface area contributed by atoms with Gasteiger partial charge in [-0.05, 0) is 76.7 Å². The first-order valence-corrected chi connectivity index (χ1v) is 15.4. The van der Waals surface area contributed by atoms with Gasteiger partial charge in [-0.2, -0.15) is 0 Å². The highest BCUT2D eigenvalue weighted by molar-refractivity contribution is 14.1. The number of rotatable bonds is 6. The van der Waals surface area contributed by atoms with Crippen molar-refractivity contribution < 1.29 is 28.2 Å². The second kappa shape index (κ2) is 10.8. The van der Waals surface area contributed by atoms with E-state index < -0.39 is 27.3 Å². The third kappa shape index (κ3) is 5.17. The third-order valence-corrected chi connectivity index (χ3v) is 10.2. The van der Waals surface area contributed by atoms with Gasteiger partial charge in [-0.25, -0.2) is 4.39 Å². The molecule has 0 bridgehead atoms. The summed E-state index contributed by atoms with van der Waals surface area (Å²) in [5.74, 6) is -2.22. The molecule has 2 aromatic carbocycles. The third-order valence-electron chi connectivity index (χ3n) is 7.84. The van der Waals surface area contributed by atoms with Crippen LogP contribution in [-0.2, 0) is 22.7 Å². The molecule has 3 aromatic rings.